The van der Waals surface area contributed by atoms with Gasteiger partial charge in [0, 0.05) is 24.2 Å². The number of hydrogen-bond acceptors (Lipinski definition) is 2. The van der Waals surface area contributed by atoms with Gasteiger partial charge in [0.25, 0.3) is 0 Å². The van der Waals surface area contributed by atoms with Gasteiger partial charge in [-0.2, -0.15) is 0 Å². The van der Waals surface area contributed by atoms with Gasteiger partial charge in [-0.1, -0.05) is 31.5 Å². The van der Waals surface area contributed by atoms with Gasteiger partial charge in [0.05, 0.1) is 5.02 Å². The van der Waals surface area contributed by atoms with E-state index in [2.05, 4.69) is 35.1 Å². The molecule has 0 saturated carbocycles. The third kappa shape index (κ3) is 5.38. The van der Waals surface area contributed by atoms with Crippen LogP contribution in [0.4, 0.5) is 0 Å². The molecule has 0 spiro atoms. The third-order valence-corrected chi connectivity index (χ3v) is 3.92. The minimum absolute atomic E-state index is 0.123. The summed E-state index contributed by atoms with van der Waals surface area (Å²) in [5, 5.41) is 13.1. The Morgan fingerprint density at radius 1 is 1.41 bits per heavy atom. The van der Waals surface area contributed by atoms with Crippen molar-refractivity contribution in [1.82, 2.24) is 5.32 Å². The third-order valence-electron chi connectivity index (χ3n) is 2.71. The first-order valence-electron chi connectivity index (χ1n) is 5.70. The van der Waals surface area contributed by atoms with Gasteiger partial charge in [0.1, 0.15) is 0 Å². The number of halogens is 2. The lowest BCUT2D eigenvalue weighted by molar-refractivity contribution is 0.207. The highest BCUT2D eigenvalue weighted by Gasteiger charge is 2.16. The van der Waals surface area contributed by atoms with E-state index in [0.717, 1.165) is 29.0 Å². The highest BCUT2D eigenvalue weighted by atomic mass is 79.9. The summed E-state index contributed by atoms with van der Waals surface area (Å²) in [6.45, 7) is 6.22. The summed E-state index contributed by atoms with van der Waals surface area (Å²) in [7, 11) is 0. The van der Waals surface area contributed by atoms with Crippen molar-refractivity contribution in [2.24, 2.45) is 5.41 Å². The molecule has 1 aromatic rings. The zero-order chi connectivity index (χ0) is 12.9. The maximum atomic E-state index is 8.94. The topological polar surface area (TPSA) is 32.3 Å². The number of aliphatic hydroxyl groups excluding tert-OH is 1. The Kier molecular flexibility index (Phi) is 5.93. The maximum Gasteiger partial charge on any atom is 0.0548 e. The first kappa shape index (κ1) is 15.0. The van der Waals surface area contributed by atoms with E-state index in [0.29, 0.717) is 0 Å². The van der Waals surface area contributed by atoms with Crippen molar-refractivity contribution in [3.63, 3.8) is 0 Å². The molecule has 0 saturated heterocycles. The van der Waals surface area contributed by atoms with E-state index in [1.165, 1.54) is 5.56 Å². The highest BCUT2D eigenvalue weighted by Crippen LogP contribution is 2.23. The molecular weight excluding hydrogens is 302 g/mol. The molecule has 0 heterocycles. The molecule has 0 aliphatic carbocycles. The maximum absolute atomic E-state index is 8.94. The van der Waals surface area contributed by atoms with Gasteiger partial charge >= 0.3 is 0 Å². The largest absolute Gasteiger partial charge is 0.396 e. The molecule has 0 aliphatic heterocycles. The number of aliphatic hydroxyl groups is 1. The fraction of sp³-hybridized carbons (Fsp3) is 0.538. The Hall–Kier alpha value is -0.0900. The van der Waals surface area contributed by atoms with Crippen LogP contribution in [0.2, 0.25) is 5.02 Å². The van der Waals surface area contributed by atoms with Crippen molar-refractivity contribution in [2.45, 2.75) is 26.8 Å². The molecule has 0 aliphatic rings. The average Bonchev–Trinajstić information content (AvgIpc) is 2.23. The van der Waals surface area contributed by atoms with E-state index in [4.69, 9.17) is 16.7 Å². The molecule has 1 aromatic carbocycles. The molecule has 0 radical (unpaired) electrons. The van der Waals surface area contributed by atoms with Crippen LogP contribution in [-0.4, -0.2) is 18.3 Å². The van der Waals surface area contributed by atoms with Gasteiger partial charge in [-0.25, -0.2) is 0 Å². The standard InChI is InChI=1S/C13H19BrClNO/c1-13(2,5-6-17)9-16-8-10-3-4-12(15)11(14)7-10/h3-4,7,16-17H,5-6,8-9H2,1-2H3. The molecule has 0 aromatic heterocycles. The second-order valence-electron chi connectivity index (χ2n) is 4.99. The van der Waals surface area contributed by atoms with Crippen molar-refractivity contribution in [3.05, 3.63) is 33.3 Å². The molecular formula is C13H19BrClNO. The zero-order valence-electron chi connectivity index (χ0n) is 10.3. The van der Waals surface area contributed by atoms with Crippen molar-refractivity contribution in [1.29, 1.82) is 0 Å². The van der Waals surface area contributed by atoms with Crippen molar-refractivity contribution in [2.75, 3.05) is 13.2 Å². The molecule has 0 fully saturated rings. The summed E-state index contributed by atoms with van der Waals surface area (Å²) in [4.78, 5) is 0. The second kappa shape index (κ2) is 6.74. The van der Waals surface area contributed by atoms with Gasteiger partial charge in [-0.15, -0.1) is 0 Å². The molecule has 0 unspecified atom stereocenters. The van der Waals surface area contributed by atoms with Crippen LogP contribution in [0.3, 0.4) is 0 Å². The average molecular weight is 321 g/mol. The van der Waals surface area contributed by atoms with E-state index >= 15 is 0 Å². The van der Waals surface area contributed by atoms with Crippen LogP contribution in [0.15, 0.2) is 22.7 Å². The SMILES string of the molecule is CC(C)(CCO)CNCc1ccc(Cl)c(Br)c1. The Bertz CT molecular complexity index is 368. The molecule has 2 N–H and O–H groups in total. The van der Waals surface area contributed by atoms with Crippen LogP contribution in [0, 0.1) is 5.41 Å². The lowest BCUT2D eigenvalue weighted by Gasteiger charge is -2.24. The van der Waals surface area contributed by atoms with E-state index < -0.39 is 0 Å². The van der Waals surface area contributed by atoms with Gasteiger partial charge in [-0.3, -0.25) is 0 Å². The zero-order valence-corrected chi connectivity index (χ0v) is 12.6. The van der Waals surface area contributed by atoms with Gasteiger partial charge in [0.15, 0.2) is 0 Å². The predicted molar refractivity (Wildman–Crippen MR) is 76.3 cm³/mol. The molecule has 2 nitrogen and oxygen atoms in total. The summed E-state index contributed by atoms with van der Waals surface area (Å²) < 4.78 is 0.924. The van der Waals surface area contributed by atoms with Crippen molar-refractivity contribution < 1.29 is 5.11 Å². The molecule has 0 bridgehead atoms. The summed E-state index contributed by atoms with van der Waals surface area (Å²) in [5.41, 5.74) is 1.32. The van der Waals surface area contributed by atoms with E-state index in [-0.39, 0.29) is 12.0 Å². The Labute approximate surface area is 117 Å². The van der Waals surface area contributed by atoms with Crippen molar-refractivity contribution in [3.8, 4) is 0 Å². The fourth-order valence-corrected chi connectivity index (χ4v) is 2.13. The molecule has 1 rings (SSSR count). The Morgan fingerprint density at radius 2 is 2.12 bits per heavy atom. The first-order valence-corrected chi connectivity index (χ1v) is 6.87. The Balaban J connectivity index is 2.43. The number of nitrogens with one attached hydrogen (secondary N) is 1. The van der Waals surface area contributed by atoms with E-state index in [1.807, 2.05) is 18.2 Å². The number of hydrogen-bond donors (Lipinski definition) is 2. The smallest absolute Gasteiger partial charge is 0.0548 e. The highest BCUT2D eigenvalue weighted by molar-refractivity contribution is 9.10. The van der Waals surface area contributed by atoms with Gasteiger partial charge < -0.3 is 10.4 Å². The normalized spacial score (nSPS) is 11.8. The number of benzene rings is 1. The monoisotopic (exact) mass is 319 g/mol. The van der Waals surface area contributed by atoms with E-state index in [1.54, 1.807) is 0 Å². The first-order chi connectivity index (χ1) is 7.94. The molecule has 0 atom stereocenters. The molecule has 4 heteroatoms. The molecule has 0 amide bonds. The minimum atomic E-state index is 0.123. The summed E-state index contributed by atoms with van der Waals surface area (Å²) in [5.74, 6) is 0. The lowest BCUT2D eigenvalue weighted by Crippen LogP contribution is -2.29. The molecule has 96 valence electrons. The Morgan fingerprint density at radius 3 is 2.71 bits per heavy atom. The van der Waals surface area contributed by atoms with Gasteiger partial charge in [0.2, 0.25) is 0 Å². The fourth-order valence-electron chi connectivity index (χ4n) is 1.59. The van der Waals surface area contributed by atoms with Crippen LogP contribution in [0.25, 0.3) is 0 Å². The quantitative estimate of drug-likeness (QED) is 0.839. The van der Waals surface area contributed by atoms with Crippen molar-refractivity contribution >= 4 is 27.5 Å². The lowest BCUT2D eigenvalue weighted by atomic mass is 9.90. The van der Waals surface area contributed by atoms with Crippen LogP contribution in [-0.2, 0) is 6.54 Å². The van der Waals surface area contributed by atoms with Crippen LogP contribution < -0.4 is 5.32 Å². The predicted octanol–water partition coefficient (Wildman–Crippen LogP) is 3.60. The van der Waals surface area contributed by atoms with Gasteiger partial charge in [-0.05, 0) is 45.5 Å². The molecule has 17 heavy (non-hydrogen) atoms. The number of rotatable bonds is 6. The van der Waals surface area contributed by atoms with Crippen LogP contribution in [0.1, 0.15) is 25.8 Å². The van der Waals surface area contributed by atoms with Crippen LogP contribution >= 0.6 is 27.5 Å². The summed E-state index contributed by atoms with van der Waals surface area (Å²) in [6.07, 6.45) is 0.810. The van der Waals surface area contributed by atoms with E-state index in [9.17, 15) is 0 Å². The second-order valence-corrected chi connectivity index (χ2v) is 6.25. The minimum Gasteiger partial charge on any atom is -0.396 e. The summed E-state index contributed by atoms with van der Waals surface area (Å²) in [6, 6.07) is 5.93. The summed E-state index contributed by atoms with van der Waals surface area (Å²) >= 11 is 9.34. The van der Waals surface area contributed by atoms with Crippen LogP contribution in [0.5, 0.6) is 0 Å².